The minimum absolute atomic E-state index is 0.0211. The van der Waals surface area contributed by atoms with E-state index in [1.54, 1.807) is 49.1 Å². The van der Waals surface area contributed by atoms with Crippen molar-refractivity contribution in [2.24, 2.45) is 0 Å². The number of ether oxygens (including phenoxy) is 2. The van der Waals surface area contributed by atoms with Crippen LogP contribution in [-0.2, 0) is 4.74 Å². The molecule has 0 saturated carbocycles. The summed E-state index contributed by atoms with van der Waals surface area (Å²) in [6.45, 7) is 2.84. The van der Waals surface area contributed by atoms with Crippen molar-refractivity contribution >= 4 is 52.5 Å². The number of benzene rings is 1. The van der Waals surface area contributed by atoms with Crippen molar-refractivity contribution in [1.82, 2.24) is 20.1 Å². The molecule has 2 amide bonds. The Labute approximate surface area is 228 Å². The number of hydrogen-bond donors (Lipinski definition) is 2. The van der Waals surface area contributed by atoms with Gasteiger partial charge in [0.25, 0.3) is 11.8 Å². The number of rotatable bonds is 8. The maximum atomic E-state index is 13.6. The maximum Gasteiger partial charge on any atom is 0.274 e. The van der Waals surface area contributed by atoms with Crippen LogP contribution in [0.5, 0.6) is 5.88 Å². The Morgan fingerprint density at radius 1 is 1.24 bits per heavy atom. The van der Waals surface area contributed by atoms with Crippen LogP contribution in [0.25, 0.3) is 5.82 Å². The molecule has 0 radical (unpaired) electrons. The second-order valence-electron chi connectivity index (χ2n) is 8.81. The summed E-state index contributed by atoms with van der Waals surface area (Å²) in [5, 5.41) is 10.9. The minimum Gasteiger partial charge on any atom is -0.472 e. The van der Waals surface area contributed by atoms with Gasteiger partial charge in [-0.25, -0.2) is 9.67 Å². The van der Waals surface area contributed by atoms with E-state index in [1.807, 2.05) is 0 Å². The van der Waals surface area contributed by atoms with Gasteiger partial charge >= 0.3 is 0 Å². The quantitative estimate of drug-likeness (QED) is 0.415. The fraction of sp³-hybridized carbons (Fsp3) is 0.360. The van der Waals surface area contributed by atoms with Crippen molar-refractivity contribution in [2.75, 3.05) is 30.0 Å². The first-order valence-corrected chi connectivity index (χ1v) is 13.8. The molecule has 2 aliphatic rings. The van der Waals surface area contributed by atoms with Crippen molar-refractivity contribution in [3.63, 3.8) is 0 Å². The molecule has 4 heterocycles. The van der Waals surface area contributed by atoms with E-state index in [0.717, 1.165) is 24.3 Å². The van der Waals surface area contributed by atoms with E-state index in [9.17, 15) is 9.59 Å². The van der Waals surface area contributed by atoms with Crippen molar-refractivity contribution in [1.29, 1.82) is 0 Å². The lowest BCUT2D eigenvalue weighted by atomic mass is 10.1. The first-order valence-electron chi connectivity index (χ1n) is 11.9. The average molecular weight is 562 g/mol. The molecule has 2 aliphatic heterocycles. The van der Waals surface area contributed by atoms with Crippen molar-refractivity contribution in [3.8, 4) is 11.7 Å². The lowest BCUT2D eigenvalue weighted by Gasteiger charge is -2.24. The van der Waals surface area contributed by atoms with Gasteiger partial charge in [0.2, 0.25) is 5.88 Å². The van der Waals surface area contributed by atoms with Gasteiger partial charge in [-0.05, 0) is 49.6 Å². The number of anilines is 1. The first kappa shape index (κ1) is 25.8. The summed E-state index contributed by atoms with van der Waals surface area (Å²) >= 11 is 14.4. The Kier molecular flexibility index (Phi) is 7.89. The Hall–Kier alpha value is -2.79. The predicted octanol–water partition coefficient (Wildman–Crippen LogP) is 4.54. The van der Waals surface area contributed by atoms with Crippen LogP contribution < -0.4 is 15.4 Å². The van der Waals surface area contributed by atoms with E-state index in [2.05, 4.69) is 20.7 Å². The number of carbonyl (C=O) groups excluding carboxylic acids is 2. The van der Waals surface area contributed by atoms with Crippen LogP contribution in [0.2, 0.25) is 10.0 Å². The predicted molar refractivity (Wildman–Crippen MR) is 144 cm³/mol. The van der Waals surface area contributed by atoms with E-state index in [0.29, 0.717) is 40.3 Å². The summed E-state index contributed by atoms with van der Waals surface area (Å²) in [6.07, 6.45) is 3.43. The molecule has 0 unspecified atom stereocenters. The number of nitrogens with zero attached hydrogens (tertiary/aromatic N) is 3. The second kappa shape index (κ2) is 11.3. The number of aromatic nitrogens is 3. The highest BCUT2D eigenvalue weighted by Gasteiger charge is 2.26. The fourth-order valence-corrected chi connectivity index (χ4v) is 5.14. The van der Waals surface area contributed by atoms with Gasteiger partial charge in [-0.15, -0.1) is 5.10 Å². The highest BCUT2D eigenvalue weighted by molar-refractivity contribution is 8.00. The molecule has 194 valence electrons. The summed E-state index contributed by atoms with van der Waals surface area (Å²) in [7, 11) is 0. The van der Waals surface area contributed by atoms with Gasteiger partial charge < -0.3 is 20.1 Å². The van der Waals surface area contributed by atoms with Crippen LogP contribution in [0.1, 0.15) is 39.3 Å². The molecule has 37 heavy (non-hydrogen) atoms. The smallest absolute Gasteiger partial charge is 0.274 e. The Morgan fingerprint density at radius 2 is 2.08 bits per heavy atom. The Balaban J connectivity index is 1.44. The molecule has 2 aromatic heterocycles. The van der Waals surface area contributed by atoms with Gasteiger partial charge in [0.15, 0.2) is 5.82 Å². The van der Waals surface area contributed by atoms with E-state index < -0.39 is 5.91 Å². The topological polar surface area (TPSA) is 107 Å². The van der Waals surface area contributed by atoms with Crippen LogP contribution in [0.3, 0.4) is 0 Å². The molecule has 2 saturated heterocycles. The van der Waals surface area contributed by atoms with Crippen molar-refractivity contribution < 1.29 is 19.1 Å². The number of halogens is 2. The minimum atomic E-state index is -0.509. The van der Waals surface area contributed by atoms with Crippen molar-refractivity contribution in [3.05, 3.63) is 63.4 Å². The molecule has 0 aliphatic carbocycles. The highest BCUT2D eigenvalue weighted by Crippen LogP contribution is 2.29. The molecule has 9 nitrogen and oxygen atoms in total. The van der Waals surface area contributed by atoms with E-state index in [4.69, 9.17) is 32.7 Å². The monoisotopic (exact) mass is 561 g/mol. The van der Waals surface area contributed by atoms with E-state index in [-0.39, 0.29) is 35.2 Å². The molecule has 0 bridgehead atoms. The van der Waals surface area contributed by atoms with E-state index >= 15 is 0 Å². The van der Waals surface area contributed by atoms with Crippen LogP contribution in [0.15, 0.2) is 36.5 Å². The van der Waals surface area contributed by atoms with Gasteiger partial charge in [-0.1, -0.05) is 23.2 Å². The number of amides is 2. The number of nitrogens with one attached hydrogen (secondary N) is 2. The Bertz CT molecular complexity index is 1320. The summed E-state index contributed by atoms with van der Waals surface area (Å²) in [5.41, 5.74) is 1.38. The standard InChI is InChI=1S/C25H25Cl2N5O4S/c1-14-8-15(26)9-18(24(33)29-11-16-4-3-7-35-16)22(14)30-25(34)20-10-21(36-17-12-37-13-17)31-32(20)23-19(27)5-2-6-28-23/h2,5-6,8-10,16-17H,3-4,7,11-13H2,1H3,(H,29,33)(H,30,34)/t16-/m0/s1. The molecule has 12 heteroatoms. The van der Waals surface area contributed by atoms with Crippen LogP contribution in [0.4, 0.5) is 5.69 Å². The summed E-state index contributed by atoms with van der Waals surface area (Å²) < 4.78 is 12.9. The van der Waals surface area contributed by atoms with Gasteiger partial charge in [-0.3, -0.25) is 9.59 Å². The number of thioether (sulfide) groups is 1. The lowest BCUT2D eigenvalue weighted by molar-refractivity contribution is 0.0858. The summed E-state index contributed by atoms with van der Waals surface area (Å²) in [6, 6.07) is 8.12. The average Bonchev–Trinajstić information content (AvgIpc) is 3.52. The van der Waals surface area contributed by atoms with Crippen molar-refractivity contribution in [2.45, 2.75) is 32.0 Å². The molecule has 3 aromatic rings. The SMILES string of the molecule is Cc1cc(Cl)cc(C(=O)NC[C@@H]2CCCO2)c1NC(=O)c1cc(OC2CSC2)nn1-c1ncccc1Cl. The molecule has 1 aromatic carbocycles. The van der Waals surface area contributed by atoms with Gasteiger partial charge in [-0.2, -0.15) is 11.8 Å². The molecule has 1 atom stereocenters. The molecule has 2 fully saturated rings. The third-order valence-electron chi connectivity index (χ3n) is 6.05. The number of carbonyl (C=O) groups is 2. The molecular weight excluding hydrogens is 537 g/mol. The zero-order valence-corrected chi connectivity index (χ0v) is 22.3. The number of pyridine rings is 1. The molecular formula is C25H25Cl2N5O4S. The summed E-state index contributed by atoms with van der Waals surface area (Å²) in [5.74, 6) is 1.42. The third kappa shape index (κ3) is 5.87. The van der Waals surface area contributed by atoms with Gasteiger partial charge in [0.1, 0.15) is 11.8 Å². The fourth-order valence-electron chi connectivity index (χ4n) is 4.10. The zero-order valence-electron chi connectivity index (χ0n) is 20.0. The Morgan fingerprint density at radius 3 is 2.78 bits per heavy atom. The normalized spacial score (nSPS) is 17.3. The highest BCUT2D eigenvalue weighted by atomic mass is 35.5. The summed E-state index contributed by atoms with van der Waals surface area (Å²) in [4.78, 5) is 31.0. The largest absolute Gasteiger partial charge is 0.472 e. The molecule has 5 rings (SSSR count). The van der Waals surface area contributed by atoms with Gasteiger partial charge in [0, 0.05) is 41.9 Å². The van der Waals surface area contributed by atoms with Crippen LogP contribution in [0, 0.1) is 6.92 Å². The maximum absolute atomic E-state index is 13.6. The van der Waals surface area contributed by atoms with Crippen LogP contribution >= 0.6 is 35.0 Å². The zero-order chi connectivity index (χ0) is 25.9. The second-order valence-corrected chi connectivity index (χ2v) is 10.7. The van der Waals surface area contributed by atoms with Crippen LogP contribution in [-0.4, -0.2) is 63.4 Å². The number of hydrogen-bond acceptors (Lipinski definition) is 7. The number of aryl methyl sites for hydroxylation is 1. The first-order chi connectivity index (χ1) is 17.9. The van der Waals surface area contributed by atoms with E-state index in [1.165, 1.54) is 10.7 Å². The van der Waals surface area contributed by atoms with Gasteiger partial charge in [0.05, 0.1) is 22.4 Å². The molecule has 2 N–H and O–H groups in total. The third-order valence-corrected chi connectivity index (χ3v) is 7.78. The lowest BCUT2D eigenvalue weighted by Crippen LogP contribution is -2.32. The molecule has 0 spiro atoms.